The molecule has 2 aromatic carbocycles. The first-order valence-corrected chi connectivity index (χ1v) is 9.97. The number of aryl methyl sites for hydroxylation is 1. The van der Waals surface area contributed by atoms with Gasteiger partial charge in [-0.2, -0.15) is 0 Å². The zero-order valence-corrected chi connectivity index (χ0v) is 15.4. The fourth-order valence-electron chi connectivity index (χ4n) is 2.89. The van der Waals surface area contributed by atoms with E-state index in [2.05, 4.69) is 5.32 Å². The minimum Gasteiger partial charge on any atom is -0.455 e. The van der Waals surface area contributed by atoms with Gasteiger partial charge in [0, 0.05) is 24.3 Å². The number of amides is 1. The first-order valence-electron chi connectivity index (χ1n) is 7.91. The molecular weight excluding hydrogens is 357 g/mol. The van der Waals surface area contributed by atoms with E-state index in [-0.39, 0.29) is 11.7 Å². The van der Waals surface area contributed by atoms with E-state index < -0.39 is 15.7 Å². The number of sulfone groups is 1. The Morgan fingerprint density at radius 3 is 2.42 bits per heavy atom. The standard InChI is InChI=1S/C19H18FNO4S/c1-11-8-15-16(9-13(11)10-26(3,23)24)25-18(17(15)19(22)21-2)12-4-6-14(20)7-5-12/h4-9H,10H2,1-3H3,(H,21,22). The Morgan fingerprint density at radius 2 is 1.85 bits per heavy atom. The summed E-state index contributed by atoms with van der Waals surface area (Å²) in [6.07, 6.45) is 1.17. The Hall–Kier alpha value is -2.67. The van der Waals surface area contributed by atoms with Crippen LogP contribution in [0.3, 0.4) is 0 Å². The molecule has 0 saturated heterocycles. The molecule has 0 saturated carbocycles. The van der Waals surface area contributed by atoms with Gasteiger partial charge in [-0.3, -0.25) is 4.79 Å². The van der Waals surface area contributed by atoms with Crippen molar-refractivity contribution in [2.45, 2.75) is 12.7 Å². The van der Waals surface area contributed by atoms with Gasteiger partial charge in [0.2, 0.25) is 0 Å². The summed E-state index contributed by atoms with van der Waals surface area (Å²) in [6, 6.07) is 9.03. The number of halogens is 1. The number of benzene rings is 2. The fraction of sp³-hybridized carbons (Fsp3) is 0.211. The lowest BCUT2D eigenvalue weighted by atomic mass is 10.0. The monoisotopic (exact) mass is 375 g/mol. The second-order valence-corrected chi connectivity index (χ2v) is 8.38. The number of nitrogens with one attached hydrogen (secondary N) is 1. The molecule has 1 heterocycles. The maximum atomic E-state index is 13.2. The highest BCUT2D eigenvalue weighted by atomic mass is 32.2. The molecular formula is C19H18FNO4S. The van der Waals surface area contributed by atoms with E-state index in [1.807, 2.05) is 0 Å². The molecule has 7 heteroatoms. The average molecular weight is 375 g/mol. The van der Waals surface area contributed by atoms with E-state index >= 15 is 0 Å². The lowest BCUT2D eigenvalue weighted by molar-refractivity contribution is 0.0964. The van der Waals surface area contributed by atoms with Gasteiger partial charge in [0.15, 0.2) is 9.84 Å². The van der Waals surface area contributed by atoms with Crippen molar-refractivity contribution in [3.8, 4) is 11.3 Å². The molecule has 136 valence electrons. The zero-order chi connectivity index (χ0) is 19.1. The van der Waals surface area contributed by atoms with Crippen LogP contribution in [0, 0.1) is 12.7 Å². The van der Waals surface area contributed by atoms with E-state index in [1.165, 1.54) is 37.6 Å². The van der Waals surface area contributed by atoms with Crippen LogP contribution in [0.5, 0.6) is 0 Å². The van der Waals surface area contributed by atoms with Crippen molar-refractivity contribution in [3.05, 3.63) is 58.9 Å². The summed E-state index contributed by atoms with van der Waals surface area (Å²) < 4.78 is 42.4. The minimum absolute atomic E-state index is 0.114. The maximum Gasteiger partial charge on any atom is 0.255 e. The summed E-state index contributed by atoms with van der Waals surface area (Å²) in [7, 11) is -1.70. The van der Waals surface area contributed by atoms with Gasteiger partial charge < -0.3 is 9.73 Å². The Labute approximate surface area is 150 Å². The fourth-order valence-corrected chi connectivity index (χ4v) is 3.76. The Kier molecular flexibility index (Phi) is 4.58. The van der Waals surface area contributed by atoms with Gasteiger partial charge in [0.25, 0.3) is 5.91 Å². The second-order valence-electron chi connectivity index (χ2n) is 6.24. The van der Waals surface area contributed by atoms with Crippen LogP contribution in [0.25, 0.3) is 22.3 Å². The van der Waals surface area contributed by atoms with Crippen LogP contribution in [-0.4, -0.2) is 27.6 Å². The summed E-state index contributed by atoms with van der Waals surface area (Å²) in [4.78, 5) is 12.4. The highest BCUT2D eigenvalue weighted by Gasteiger charge is 2.23. The topological polar surface area (TPSA) is 76.4 Å². The van der Waals surface area contributed by atoms with Crippen LogP contribution in [0.15, 0.2) is 40.8 Å². The molecule has 0 spiro atoms. The van der Waals surface area contributed by atoms with Crippen molar-refractivity contribution in [1.82, 2.24) is 5.32 Å². The van der Waals surface area contributed by atoms with Crippen molar-refractivity contribution in [2.75, 3.05) is 13.3 Å². The van der Waals surface area contributed by atoms with Gasteiger partial charge in [-0.05, 0) is 54.4 Å². The Balaban J connectivity index is 2.27. The van der Waals surface area contributed by atoms with Gasteiger partial charge in [-0.15, -0.1) is 0 Å². The third-order valence-electron chi connectivity index (χ3n) is 4.12. The molecule has 3 aromatic rings. The Morgan fingerprint density at radius 1 is 1.19 bits per heavy atom. The van der Waals surface area contributed by atoms with E-state index in [9.17, 15) is 17.6 Å². The number of rotatable bonds is 4. The zero-order valence-electron chi connectivity index (χ0n) is 14.6. The summed E-state index contributed by atoms with van der Waals surface area (Å²) >= 11 is 0. The first kappa shape index (κ1) is 18.1. The quantitative estimate of drug-likeness (QED) is 0.758. The third kappa shape index (κ3) is 3.48. The number of hydrogen-bond acceptors (Lipinski definition) is 4. The van der Waals surface area contributed by atoms with Crippen LogP contribution in [0.1, 0.15) is 21.5 Å². The van der Waals surface area contributed by atoms with Crippen LogP contribution < -0.4 is 5.32 Å². The molecule has 1 N–H and O–H groups in total. The molecule has 0 bridgehead atoms. The second kappa shape index (κ2) is 6.57. The SMILES string of the molecule is CNC(=O)c1c(-c2ccc(F)cc2)oc2cc(CS(C)(=O)=O)c(C)cc12. The average Bonchev–Trinajstić information content (AvgIpc) is 2.92. The van der Waals surface area contributed by atoms with E-state index in [0.717, 1.165) is 5.56 Å². The number of fused-ring (bicyclic) bond motifs is 1. The molecule has 1 aromatic heterocycles. The van der Waals surface area contributed by atoms with Gasteiger partial charge >= 0.3 is 0 Å². The largest absolute Gasteiger partial charge is 0.455 e. The predicted molar refractivity (Wildman–Crippen MR) is 98.3 cm³/mol. The highest BCUT2D eigenvalue weighted by Crippen LogP contribution is 2.35. The predicted octanol–water partition coefficient (Wildman–Crippen LogP) is 3.45. The van der Waals surface area contributed by atoms with Crippen LogP contribution in [0.4, 0.5) is 4.39 Å². The highest BCUT2D eigenvalue weighted by molar-refractivity contribution is 7.89. The van der Waals surface area contributed by atoms with Gasteiger partial charge in [0.1, 0.15) is 17.2 Å². The summed E-state index contributed by atoms with van der Waals surface area (Å²) in [5.41, 5.74) is 2.67. The van der Waals surface area contributed by atoms with Crippen molar-refractivity contribution < 1.29 is 22.0 Å². The number of carbonyl (C=O) groups is 1. The molecule has 0 aliphatic rings. The van der Waals surface area contributed by atoms with Crippen LogP contribution >= 0.6 is 0 Å². The first-order chi connectivity index (χ1) is 12.2. The summed E-state index contributed by atoms with van der Waals surface area (Å²) in [6.45, 7) is 1.79. The van der Waals surface area contributed by atoms with Crippen molar-refractivity contribution >= 4 is 26.7 Å². The number of carbonyl (C=O) groups excluding carboxylic acids is 1. The van der Waals surface area contributed by atoms with Crippen molar-refractivity contribution in [1.29, 1.82) is 0 Å². The molecule has 5 nitrogen and oxygen atoms in total. The molecule has 0 radical (unpaired) electrons. The van der Waals surface area contributed by atoms with Crippen LogP contribution in [0.2, 0.25) is 0 Å². The molecule has 1 amide bonds. The van der Waals surface area contributed by atoms with E-state index in [4.69, 9.17) is 4.42 Å². The molecule has 0 atom stereocenters. The van der Waals surface area contributed by atoms with Gasteiger partial charge in [-0.25, -0.2) is 12.8 Å². The smallest absolute Gasteiger partial charge is 0.255 e. The maximum absolute atomic E-state index is 13.2. The molecule has 26 heavy (non-hydrogen) atoms. The van der Waals surface area contributed by atoms with E-state index in [0.29, 0.717) is 33.4 Å². The molecule has 3 rings (SSSR count). The number of furan rings is 1. The van der Waals surface area contributed by atoms with E-state index in [1.54, 1.807) is 19.1 Å². The molecule has 0 aliphatic carbocycles. The molecule has 0 aliphatic heterocycles. The number of hydrogen-bond donors (Lipinski definition) is 1. The lowest BCUT2D eigenvalue weighted by Gasteiger charge is -2.05. The Bertz CT molecular complexity index is 1100. The molecule has 0 unspecified atom stereocenters. The summed E-state index contributed by atoms with van der Waals surface area (Å²) in [5.74, 6) is -0.525. The minimum atomic E-state index is -3.21. The van der Waals surface area contributed by atoms with Crippen molar-refractivity contribution in [2.24, 2.45) is 0 Å². The van der Waals surface area contributed by atoms with Gasteiger partial charge in [0.05, 0.1) is 11.3 Å². The third-order valence-corrected chi connectivity index (χ3v) is 4.96. The lowest BCUT2D eigenvalue weighted by Crippen LogP contribution is -2.18. The molecule has 0 fully saturated rings. The normalized spacial score (nSPS) is 11.7. The summed E-state index contributed by atoms with van der Waals surface area (Å²) in [5, 5.41) is 3.17. The van der Waals surface area contributed by atoms with Crippen LogP contribution in [-0.2, 0) is 15.6 Å². The van der Waals surface area contributed by atoms with Crippen molar-refractivity contribution in [3.63, 3.8) is 0 Å². The van der Waals surface area contributed by atoms with Gasteiger partial charge in [-0.1, -0.05) is 0 Å².